The van der Waals surface area contributed by atoms with E-state index in [1.54, 1.807) is 0 Å². The molecule has 1 aliphatic rings. The van der Waals surface area contributed by atoms with Crippen molar-refractivity contribution in [2.45, 2.75) is 5.25 Å². The summed E-state index contributed by atoms with van der Waals surface area (Å²) >= 11 is 5.58. The number of rotatable bonds is 1. The van der Waals surface area contributed by atoms with E-state index in [-0.39, 0.29) is 0 Å². The molecular weight excluding hydrogens is 168 g/mol. The fourth-order valence-electron chi connectivity index (χ4n) is 0.861. The van der Waals surface area contributed by atoms with E-state index < -0.39 is 0 Å². The van der Waals surface area contributed by atoms with E-state index >= 15 is 0 Å². The molecule has 1 rings (SSSR count). The van der Waals surface area contributed by atoms with Crippen LogP contribution in [-0.2, 0) is 4.74 Å². The predicted octanol–water partition coefficient (Wildman–Crippen LogP) is 0.139. The van der Waals surface area contributed by atoms with Crippen molar-refractivity contribution in [3.8, 4) is 0 Å². The van der Waals surface area contributed by atoms with E-state index in [0.717, 1.165) is 26.3 Å². The van der Waals surface area contributed by atoms with Crippen LogP contribution in [0.1, 0.15) is 0 Å². The van der Waals surface area contributed by atoms with Gasteiger partial charge in [-0.2, -0.15) is 12.6 Å². The highest BCUT2D eigenvalue weighted by molar-refractivity contribution is 7.94. The third kappa shape index (κ3) is 2.67. The normalized spacial score (nSPS) is 30.0. The average Bonchev–Trinajstić information content (AvgIpc) is 2.13. The second-order valence-corrected chi connectivity index (χ2v) is 3.68. The third-order valence-corrected chi connectivity index (χ3v) is 2.30. The lowest BCUT2D eigenvalue weighted by Gasteiger charge is -2.15. The van der Waals surface area contributed by atoms with E-state index in [1.807, 2.05) is 0 Å². The van der Waals surface area contributed by atoms with Crippen molar-refractivity contribution in [2.24, 2.45) is 5.14 Å². The van der Waals surface area contributed by atoms with E-state index in [4.69, 9.17) is 9.88 Å². The van der Waals surface area contributed by atoms with Gasteiger partial charge in [0.2, 0.25) is 0 Å². The first-order valence-corrected chi connectivity index (χ1v) is 4.56. The lowest BCUT2D eigenvalue weighted by atomic mass is 10.4. The van der Waals surface area contributed by atoms with E-state index in [0.29, 0.717) is 5.25 Å². The first kappa shape index (κ1) is 8.67. The van der Waals surface area contributed by atoms with Crippen LogP contribution in [0, 0.1) is 0 Å². The van der Waals surface area contributed by atoms with Gasteiger partial charge in [0, 0.05) is 30.5 Å². The summed E-state index contributed by atoms with van der Waals surface area (Å²) in [6, 6.07) is 0. The Bertz CT molecular complexity index is 104. The van der Waals surface area contributed by atoms with Crippen LogP contribution in [0.15, 0.2) is 0 Å². The summed E-state index contributed by atoms with van der Waals surface area (Å²) in [7, 11) is 0. The molecule has 0 aromatic heterocycles. The van der Waals surface area contributed by atoms with Gasteiger partial charge in [-0.25, -0.2) is 4.31 Å². The molecule has 1 fully saturated rings. The van der Waals surface area contributed by atoms with Crippen molar-refractivity contribution < 1.29 is 4.74 Å². The maximum absolute atomic E-state index is 5.39. The number of nitrogens with zero attached hydrogens (tertiary/aromatic N) is 1. The van der Waals surface area contributed by atoms with Crippen LogP contribution in [0.2, 0.25) is 0 Å². The van der Waals surface area contributed by atoms with Crippen LogP contribution in [-0.4, -0.2) is 35.9 Å². The van der Waals surface area contributed by atoms with Gasteiger partial charge < -0.3 is 4.74 Å². The molecule has 5 heteroatoms. The highest BCUT2D eigenvalue weighted by Crippen LogP contribution is 2.09. The van der Waals surface area contributed by atoms with Crippen molar-refractivity contribution in [2.75, 3.05) is 26.3 Å². The Morgan fingerprint density at radius 1 is 1.70 bits per heavy atom. The lowest BCUT2D eigenvalue weighted by Crippen LogP contribution is -2.25. The van der Waals surface area contributed by atoms with E-state index in [9.17, 15) is 0 Å². The Hall–Kier alpha value is 0.580. The van der Waals surface area contributed by atoms with E-state index in [2.05, 4.69) is 16.9 Å². The van der Waals surface area contributed by atoms with Crippen molar-refractivity contribution >= 4 is 24.8 Å². The highest BCUT2D eigenvalue weighted by atomic mass is 32.2. The molecule has 3 nitrogen and oxygen atoms in total. The molecule has 0 bridgehead atoms. The molecule has 0 aromatic carbocycles. The number of hydrogen-bond donors (Lipinski definition) is 2. The number of ether oxygens (including phenoxy) is 1. The maximum atomic E-state index is 5.39. The molecule has 0 amide bonds. The molecule has 0 saturated carbocycles. The summed E-state index contributed by atoms with van der Waals surface area (Å²) in [6.45, 7) is 3.31. The van der Waals surface area contributed by atoms with Gasteiger partial charge >= 0.3 is 0 Å². The lowest BCUT2D eigenvalue weighted by molar-refractivity contribution is 0.151. The number of thiol groups is 1. The largest absolute Gasteiger partial charge is 0.379 e. The van der Waals surface area contributed by atoms with Crippen LogP contribution in [0.4, 0.5) is 0 Å². The van der Waals surface area contributed by atoms with Gasteiger partial charge in [-0.3, -0.25) is 5.14 Å². The van der Waals surface area contributed by atoms with Gasteiger partial charge in [-0.15, -0.1) is 0 Å². The first-order chi connectivity index (χ1) is 4.83. The molecule has 0 radical (unpaired) electrons. The molecule has 10 heavy (non-hydrogen) atoms. The smallest absolute Gasteiger partial charge is 0.0603 e. The Morgan fingerprint density at radius 2 is 2.50 bits per heavy atom. The van der Waals surface area contributed by atoms with Crippen LogP contribution in [0.3, 0.4) is 0 Å². The van der Waals surface area contributed by atoms with Gasteiger partial charge in [-0.1, -0.05) is 0 Å². The zero-order valence-corrected chi connectivity index (χ0v) is 7.40. The van der Waals surface area contributed by atoms with Gasteiger partial charge in [0.1, 0.15) is 0 Å². The monoisotopic (exact) mass is 180 g/mol. The predicted molar refractivity (Wildman–Crippen MR) is 46.9 cm³/mol. The quantitative estimate of drug-likeness (QED) is 0.445. The van der Waals surface area contributed by atoms with Gasteiger partial charge in [0.15, 0.2) is 0 Å². The van der Waals surface area contributed by atoms with Crippen molar-refractivity contribution in [3.63, 3.8) is 0 Å². The van der Waals surface area contributed by atoms with Crippen LogP contribution in [0.5, 0.6) is 0 Å². The van der Waals surface area contributed by atoms with Crippen molar-refractivity contribution in [1.82, 2.24) is 4.31 Å². The summed E-state index contributed by atoms with van der Waals surface area (Å²) in [5.41, 5.74) is 0. The van der Waals surface area contributed by atoms with Crippen molar-refractivity contribution in [1.29, 1.82) is 0 Å². The fraction of sp³-hybridized carbons (Fsp3) is 1.00. The summed E-state index contributed by atoms with van der Waals surface area (Å²) in [6.07, 6.45) is 0. The fourth-order valence-corrected chi connectivity index (χ4v) is 1.72. The zero-order chi connectivity index (χ0) is 7.40. The molecule has 1 saturated heterocycles. The molecule has 2 N–H and O–H groups in total. The second kappa shape index (κ2) is 4.46. The zero-order valence-electron chi connectivity index (χ0n) is 5.69. The molecule has 1 aliphatic heterocycles. The van der Waals surface area contributed by atoms with Gasteiger partial charge in [0.25, 0.3) is 0 Å². The van der Waals surface area contributed by atoms with Gasteiger partial charge in [0.05, 0.1) is 13.2 Å². The summed E-state index contributed by atoms with van der Waals surface area (Å²) in [4.78, 5) is 0. The van der Waals surface area contributed by atoms with Crippen molar-refractivity contribution in [3.05, 3.63) is 0 Å². The molecule has 0 aromatic rings. The molecular formula is C5H12N2OS2. The topological polar surface area (TPSA) is 38.5 Å². The molecule has 0 aliphatic carbocycles. The molecule has 60 valence electrons. The van der Waals surface area contributed by atoms with Crippen LogP contribution in [0.25, 0.3) is 0 Å². The Morgan fingerprint density at radius 3 is 3.20 bits per heavy atom. The number of hydrogen-bond acceptors (Lipinski definition) is 5. The first-order valence-electron chi connectivity index (χ1n) is 3.20. The summed E-state index contributed by atoms with van der Waals surface area (Å²) in [5, 5.41) is 5.69. The molecule has 1 unspecified atom stereocenters. The number of nitrogens with two attached hydrogens (primary N) is 1. The van der Waals surface area contributed by atoms with Gasteiger partial charge in [-0.05, 0) is 0 Å². The SMILES string of the molecule is NSN1CCOCC(S)C1. The Kier molecular flexibility index (Phi) is 3.87. The molecule has 0 spiro atoms. The van der Waals surface area contributed by atoms with E-state index in [1.165, 1.54) is 12.1 Å². The molecule has 1 atom stereocenters. The summed E-state index contributed by atoms with van der Waals surface area (Å²) in [5.74, 6) is 0. The maximum Gasteiger partial charge on any atom is 0.0603 e. The second-order valence-electron chi connectivity index (χ2n) is 2.22. The highest BCUT2D eigenvalue weighted by Gasteiger charge is 2.14. The average molecular weight is 180 g/mol. The minimum atomic E-state index is 0.304. The Balaban J connectivity index is 2.30. The minimum Gasteiger partial charge on any atom is -0.379 e. The Labute approximate surface area is 71.0 Å². The molecule has 1 heterocycles. The van der Waals surface area contributed by atoms with Crippen LogP contribution < -0.4 is 5.14 Å². The minimum absolute atomic E-state index is 0.304. The summed E-state index contributed by atoms with van der Waals surface area (Å²) < 4.78 is 7.31. The van der Waals surface area contributed by atoms with Crippen LogP contribution >= 0.6 is 24.8 Å². The third-order valence-electron chi connectivity index (χ3n) is 1.36. The standard InChI is InChI=1S/C5H12N2OS2/c6-10-7-1-2-8-4-5(9)3-7/h5,9H,1-4,6H2.